The second-order valence-electron chi connectivity index (χ2n) is 11.8. The van der Waals surface area contributed by atoms with E-state index in [1.54, 1.807) is 53.3 Å². The van der Waals surface area contributed by atoms with E-state index in [9.17, 15) is 19.5 Å². The zero-order valence-electron chi connectivity index (χ0n) is 25.1. The molecule has 2 unspecified atom stereocenters. The zero-order valence-corrected chi connectivity index (χ0v) is 25.1. The van der Waals surface area contributed by atoms with Crippen molar-refractivity contribution in [2.45, 2.75) is 50.5 Å². The molecule has 43 heavy (non-hydrogen) atoms. The SMILES string of the molecule is C=CCN(C(=O)C1N([C@@H](CO)C(C)C)C(=O)[C@@H]2[C@H](C(=O)N(CC=C)c3ccccc3)[C@@H]3CCC12O3)c1ccc(OC)cc1. The third kappa shape index (κ3) is 5.04. The van der Waals surface area contributed by atoms with Crippen LogP contribution >= 0.6 is 0 Å². The number of amides is 3. The molecule has 9 heteroatoms. The van der Waals surface area contributed by atoms with Crippen LogP contribution in [0.4, 0.5) is 11.4 Å². The van der Waals surface area contributed by atoms with Crippen LogP contribution in [0, 0.1) is 17.8 Å². The van der Waals surface area contributed by atoms with Gasteiger partial charge < -0.3 is 29.3 Å². The number of carbonyl (C=O) groups is 3. The van der Waals surface area contributed by atoms with Gasteiger partial charge in [-0.05, 0) is 55.2 Å². The number of likely N-dealkylation sites (tertiary alicyclic amines) is 1. The number of aliphatic hydroxyl groups excluding tert-OH is 1. The molecule has 3 saturated heterocycles. The van der Waals surface area contributed by atoms with E-state index in [-0.39, 0.29) is 43.3 Å². The largest absolute Gasteiger partial charge is 0.497 e. The molecule has 3 aliphatic rings. The lowest BCUT2D eigenvalue weighted by Crippen LogP contribution is -2.59. The minimum absolute atomic E-state index is 0.152. The topological polar surface area (TPSA) is 99.6 Å². The summed E-state index contributed by atoms with van der Waals surface area (Å²) in [4.78, 5) is 48.4. The molecule has 6 atom stereocenters. The van der Waals surface area contributed by atoms with Gasteiger partial charge in [-0.1, -0.05) is 44.2 Å². The van der Waals surface area contributed by atoms with Crippen molar-refractivity contribution in [3.63, 3.8) is 0 Å². The number of ether oxygens (including phenoxy) is 2. The second-order valence-corrected chi connectivity index (χ2v) is 11.8. The Hall–Kier alpha value is -3.95. The van der Waals surface area contributed by atoms with Gasteiger partial charge in [-0.15, -0.1) is 13.2 Å². The fourth-order valence-electron chi connectivity index (χ4n) is 7.23. The number of rotatable bonds is 12. The highest BCUT2D eigenvalue weighted by atomic mass is 16.5. The Morgan fingerprint density at radius 3 is 2.21 bits per heavy atom. The molecule has 9 nitrogen and oxygen atoms in total. The van der Waals surface area contributed by atoms with Crippen molar-refractivity contribution in [2.24, 2.45) is 17.8 Å². The number of methoxy groups -OCH3 is 1. The number of benzene rings is 2. The maximum atomic E-state index is 14.7. The van der Waals surface area contributed by atoms with Gasteiger partial charge in [0.1, 0.15) is 17.4 Å². The maximum Gasteiger partial charge on any atom is 0.253 e. The highest BCUT2D eigenvalue weighted by Gasteiger charge is 2.75. The van der Waals surface area contributed by atoms with E-state index in [0.717, 1.165) is 0 Å². The number of para-hydroxylation sites is 1. The predicted octanol–water partition coefficient (Wildman–Crippen LogP) is 3.82. The number of nitrogens with zero attached hydrogens (tertiary/aromatic N) is 3. The minimum Gasteiger partial charge on any atom is -0.497 e. The van der Waals surface area contributed by atoms with Crippen molar-refractivity contribution >= 4 is 29.1 Å². The number of carbonyl (C=O) groups excluding carboxylic acids is 3. The number of anilines is 2. The van der Waals surface area contributed by atoms with Gasteiger partial charge in [0.05, 0.1) is 37.7 Å². The summed E-state index contributed by atoms with van der Waals surface area (Å²) in [6.45, 7) is 11.7. The van der Waals surface area contributed by atoms with Gasteiger partial charge in [-0.25, -0.2) is 0 Å². The second kappa shape index (κ2) is 12.3. The number of hydrogen-bond donors (Lipinski definition) is 1. The smallest absolute Gasteiger partial charge is 0.253 e. The normalized spacial score (nSPS) is 26.3. The first-order valence-electron chi connectivity index (χ1n) is 14.9. The molecule has 3 aliphatic heterocycles. The summed E-state index contributed by atoms with van der Waals surface area (Å²) in [5.74, 6) is -2.03. The van der Waals surface area contributed by atoms with Crippen molar-refractivity contribution in [1.29, 1.82) is 0 Å². The Morgan fingerprint density at radius 1 is 1.05 bits per heavy atom. The molecule has 0 saturated carbocycles. The molecule has 3 amide bonds. The van der Waals surface area contributed by atoms with Gasteiger partial charge in [0.15, 0.2) is 0 Å². The van der Waals surface area contributed by atoms with Gasteiger partial charge in [-0.3, -0.25) is 14.4 Å². The summed E-state index contributed by atoms with van der Waals surface area (Å²) in [6.07, 6.45) is 3.79. The Kier molecular flexibility index (Phi) is 8.76. The third-order valence-electron chi connectivity index (χ3n) is 9.18. The number of aliphatic hydroxyl groups is 1. The molecular formula is C34H41N3O6. The predicted molar refractivity (Wildman–Crippen MR) is 165 cm³/mol. The summed E-state index contributed by atoms with van der Waals surface area (Å²) < 4.78 is 12.0. The van der Waals surface area contributed by atoms with Crippen molar-refractivity contribution in [3.8, 4) is 5.75 Å². The molecule has 3 fully saturated rings. The molecule has 2 bridgehead atoms. The van der Waals surface area contributed by atoms with Crippen molar-refractivity contribution in [1.82, 2.24) is 4.90 Å². The van der Waals surface area contributed by atoms with Crippen LogP contribution in [0.25, 0.3) is 0 Å². The standard InChI is InChI=1S/C34H41N3O6/c1-6-19-35(23-11-9-8-10-12-23)31(39)28-27-17-18-34(43-27)29(28)32(40)37(26(21-38)22(3)4)30(34)33(41)36(20-7-2)24-13-15-25(42-5)16-14-24/h6-16,22,26-30,38H,1-2,17-21H2,3-5H3/t26-,27-,28+,29-,30?,34?/m0/s1. The summed E-state index contributed by atoms with van der Waals surface area (Å²) in [5, 5.41) is 10.5. The molecule has 228 valence electrons. The Balaban J connectivity index is 1.60. The summed E-state index contributed by atoms with van der Waals surface area (Å²) in [7, 11) is 1.57. The fourth-order valence-corrected chi connectivity index (χ4v) is 7.23. The highest BCUT2D eigenvalue weighted by Crippen LogP contribution is 2.59. The van der Waals surface area contributed by atoms with Crippen LogP contribution in [0.5, 0.6) is 5.75 Å². The van der Waals surface area contributed by atoms with E-state index >= 15 is 0 Å². The van der Waals surface area contributed by atoms with E-state index in [1.807, 2.05) is 44.2 Å². The van der Waals surface area contributed by atoms with E-state index in [0.29, 0.717) is 30.0 Å². The number of fused-ring (bicyclic) bond motifs is 1. The summed E-state index contributed by atoms with van der Waals surface area (Å²) in [6, 6.07) is 14.7. The lowest BCUT2D eigenvalue weighted by atomic mass is 9.70. The first-order chi connectivity index (χ1) is 20.7. The molecule has 2 aromatic carbocycles. The lowest BCUT2D eigenvalue weighted by Gasteiger charge is -2.40. The molecule has 1 spiro atoms. The Bertz CT molecular complexity index is 1360. The molecule has 0 aliphatic carbocycles. The van der Waals surface area contributed by atoms with Crippen molar-refractivity contribution < 1.29 is 29.0 Å². The van der Waals surface area contributed by atoms with Crippen LogP contribution in [0.15, 0.2) is 79.9 Å². The third-order valence-corrected chi connectivity index (χ3v) is 9.18. The van der Waals surface area contributed by atoms with Gasteiger partial charge >= 0.3 is 0 Å². The quantitative estimate of drug-likeness (QED) is 0.379. The van der Waals surface area contributed by atoms with Crippen LogP contribution in [0.2, 0.25) is 0 Å². The van der Waals surface area contributed by atoms with Crippen molar-refractivity contribution in [2.75, 3.05) is 36.6 Å². The monoisotopic (exact) mass is 587 g/mol. The molecule has 5 rings (SSSR count). The molecule has 0 aromatic heterocycles. The van der Waals surface area contributed by atoms with Crippen molar-refractivity contribution in [3.05, 3.63) is 79.9 Å². The Morgan fingerprint density at radius 2 is 1.65 bits per heavy atom. The van der Waals surface area contributed by atoms with E-state index in [2.05, 4.69) is 13.2 Å². The van der Waals surface area contributed by atoms with Gasteiger partial charge in [0, 0.05) is 24.5 Å². The molecule has 3 heterocycles. The van der Waals surface area contributed by atoms with Crippen LogP contribution in [0.3, 0.4) is 0 Å². The molecule has 0 radical (unpaired) electrons. The lowest BCUT2D eigenvalue weighted by molar-refractivity contribution is -0.145. The summed E-state index contributed by atoms with van der Waals surface area (Å²) in [5.41, 5.74) is 0.111. The number of hydrogen-bond acceptors (Lipinski definition) is 6. The highest BCUT2D eigenvalue weighted by molar-refractivity contribution is 6.06. The zero-order chi connectivity index (χ0) is 30.9. The molecule has 2 aromatic rings. The van der Waals surface area contributed by atoms with Crippen LogP contribution in [-0.4, -0.2) is 78.3 Å². The van der Waals surface area contributed by atoms with Gasteiger partial charge in [-0.2, -0.15) is 0 Å². The Labute approximate surface area is 253 Å². The minimum atomic E-state index is -1.20. The molecular weight excluding hydrogens is 546 g/mol. The summed E-state index contributed by atoms with van der Waals surface area (Å²) >= 11 is 0. The first kappa shape index (κ1) is 30.5. The van der Waals surface area contributed by atoms with Gasteiger partial charge in [0.25, 0.3) is 5.91 Å². The maximum absolute atomic E-state index is 14.7. The van der Waals surface area contributed by atoms with Gasteiger partial charge in [0.2, 0.25) is 11.8 Å². The first-order valence-corrected chi connectivity index (χ1v) is 14.9. The van der Waals surface area contributed by atoms with E-state index in [1.165, 1.54) is 4.90 Å². The van der Waals surface area contributed by atoms with Crippen LogP contribution in [-0.2, 0) is 19.1 Å². The fraction of sp³-hybridized carbons (Fsp3) is 0.441. The van der Waals surface area contributed by atoms with Crippen LogP contribution < -0.4 is 14.5 Å². The van der Waals surface area contributed by atoms with E-state index in [4.69, 9.17) is 9.47 Å². The van der Waals surface area contributed by atoms with Crippen LogP contribution in [0.1, 0.15) is 26.7 Å². The van der Waals surface area contributed by atoms with E-state index < -0.39 is 35.6 Å². The average Bonchev–Trinajstić information content (AvgIpc) is 3.66. The molecule has 1 N–H and O–H groups in total. The average molecular weight is 588 g/mol.